The summed E-state index contributed by atoms with van der Waals surface area (Å²) in [6.07, 6.45) is 3.12. The van der Waals surface area contributed by atoms with Gasteiger partial charge in [-0.15, -0.1) is 0 Å². The molecule has 0 bridgehead atoms. The van der Waals surface area contributed by atoms with E-state index in [-0.39, 0.29) is 29.2 Å². The van der Waals surface area contributed by atoms with Gasteiger partial charge in [0.2, 0.25) is 5.91 Å². The van der Waals surface area contributed by atoms with E-state index in [4.69, 9.17) is 4.42 Å². The van der Waals surface area contributed by atoms with E-state index in [0.29, 0.717) is 24.4 Å². The van der Waals surface area contributed by atoms with E-state index in [1.807, 2.05) is 11.8 Å². The number of nitrogens with zero attached hydrogens (tertiary/aromatic N) is 1. The molecular weight excluding hydrogens is 292 g/mol. The zero-order chi connectivity index (χ0) is 17.2. The maximum Gasteiger partial charge on any atom is 0.255 e. The minimum Gasteiger partial charge on any atom is -0.469 e. The predicted octanol–water partition coefficient (Wildman–Crippen LogP) is 2.99. The molecule has 128 valence electrons. The van der Waals surface area contributed by atoms with Crippen LogP contribution in [0.15, 0.2) is 16.7 Å². The summed E-state index contributed by atoms with van der Waals surface area (Å²) in [4.78, 5) is 26.7. The van der Waals surface area contributed by atoms with Crippen molar-refractivity contribution in [3.8, 4) is 0 Å². The molecule has 0 radical (unpaired) electrons. The number of rotatable bonds is 3. The highest BCUT2D eigenvalue weighted by molar-refractivity contribution is 5.95. The molecule has 1 saturated heterocycles. The number of aryl methyl sites for hydroxylation is 1. The van der Waals surface area contributed by atoms with Crippen LogP contribution in [0.1, 0.15) is 56.7 Å². The molecule has 1 fully saturated rings. The molecule has 2 rings (SSSR count). The van der Waals surface area contributed by atoms with Crippen LogP contribution in [0.3, 0.4) is 0 Å². The summed E-state index contributed by atoms with van der Waals surface area (Å²) in [5.41, 5.74) is 0.561. The second-order valence-corrected chi connectivity index (χ2v) is 7.55. The molecule has 1 aromatic rings. The van der Waals surface area contributed by atoms with E-state index in [0.717, 1.165) is 12.8 Å². The number of furan rings is 1. The number of hydrogen-bond acceptors (Lipinski definition) is 3. The van der Waals surface area contributed by atoms with Crippen molar-refractivity contribution < 1.29 is 14.0 Å². The van der Waals surface area contributed by atoms with Gasteiger partial charge in [-0.25, -0.2) is 0 Å². The smallest absolute Gasteiger partial charge is 0.255 e. The van der Waals surface area contributed by atoms with E-state index in [2.05, 4.69) is 26.1 Å². The molecule has 1 aromatic heterocycles. The Hall–Kier alpha value is -1.78. The van der Waals surface area contributed by atoms with Crippen LogP contribution in [0, 0.1) is 18.3 Å². The van der Waals surface area contributed by atoms with E-state index in [1.165, 1.54) is 6.26 Å². The van der Waals surface area contributed by atoms with Crippen molar-refractivity contribution in [3.05, 3.63) is 23.7 Å². The maximum atomic E-state index is 12.5. The molecule has 1 aliphatic rings. The molecule has 0 aromatic carbocycles. The lowest BCUT2D eigenvalue weighted by molar-refractivity contribution is -0.139. The van der Waals surface area contributed by atoms with Gasteiger partial charge >= 0.3 is 0 Å². The average molecular weight is 320 g/mol. The number of nitrogens with one attached hydrogen (secondary N) is 1. The van der Waals surface area contributed by atoms with Gasteiger partial charge in [0, 0.05) is 25.0 Å². The third kappa shape index (κ3) is 4.15. The standard InChI is InChI=1S/C18H28N2O3/c1-12(18(3,4)5)17(22)20-9-6-14(7-10-20)19-16(21)15-8-11-23-13(15)2/h8,11-12,14H,6-7,9-10H2,1-5H3,(H,19,21). The molecule has 23 heavy (non-hydrogen) atoms. The van der Waals surface area contributed by atoms with E-state index in [9.17, 15) is 9.59 Å². The molecule has 1 aliphatic heterocycles. The number of likely N-dealkylation sites (tertiary alicyclic amines) is 1. The second kappa shape index (κ2) is 6.77. The highest BCUT2D eigenvalue weighted by Crippen LogP contribution is 2.28. The van der Waals surface area contributed by atoms with Crippen molar-refractivity contribution in [3.63, 3.8) is 0 Å². The average Bonchev–Trinajstić information content (AvgIpc) is 2.92. The van der Waals surface area contributed by atoms with Crippen molar-refractivity contribution in [2.45, 2.75) is 53.5 Å². The highest BCUT2D eigenvalue weighted by Gasteiger charge is 2.32. The van der Waals surface area contributed by atoms with Crippen molar-refractivity contribution >= 4 is 11.8 Å². The lowest BCUT2D eigenvalue weighted by Gasteiger charge is -2.37. The van der Waals surface area contributed by atoms with Crippen LogP contribution < -0.4 is 5.32 Å². The summed E-state index contributed by atoms with van der Waals surface area (Å²) >= 11 is 0. The first-order chi connectivity index (χ1) is 10.7. The Kier molecular flexibility index (Phi) is 5.17. The normalized spacial score (nSPS) is 17.9. The summed E-state index contributed by atoms with van der Waals surface area (Å²) in [6, 6.07) is 1.81. The minimum atomic E-state index is -0.0934. The summed E-state index contributed by atoms with van der Waals surface area (Å²) in [7, 11) is 0. The van der Waals surface area contributed by atoms with Gasteiger partial charge in [-0.05, 0) is 31.2 Å². The van der Waals surface area contributed by atoms with Gasteiger partial charge in [0.1, 0.15) is 5.76 Å². The first kappa shape index (κ1) is 17.6. The van der Waals surface area contributed by atoms with Gasteiger partial charge in [-0.3, -0.25) is 9.59 Å². The Balaban J connectivity index is 1.86. The van der Waals surface area contributed by atoms with Gasteiger partial charge in [-0.1, -0.05) is 27.7 Å². The Bertz CT molecular complexity index is 563. The first-order valence-electron chi connectivity index (χ1n) is 8.34. The number of amides is 2. The maximum absolute atomic E-state index is 12.5. The van der Waals surface area contributed by atoms with E-state index >= 15 is 0 Å². The molecule has 5 heteroatoms. The van der Waals surface area contributed by atoms with E-state index < -0.39 is 0 Å². The number of carbonyl (C=O) groups is 2. The zero-order valence-electron chi connectivity index (χ0n) is 14.8. The van der Waals surface area contributed by atoms with Crippen LogP contribution in [0.5, 0.6) is 0 Å². The summed E-state index contributed by atoms with van der Waals surface area (Å²) in [5, 5.41) is 3.04. The van der Waals surface area contributed by atoms with Crippen molar-refractivity contribution in [1.29, 1.82) is 0 Å². The predicted molar refractivity (Wildman–Crippen MR) is 89.1 cm³/mol. The van der Waals surface area contributed by atoms with Gasteiger partial charge in [0.25, 0.3) is 5.91 Å². The summed E-state index contributed by atoms with van der Waals surface area (Å²) < 4.78 is 5.17. The van der Waals surface area contributed by atoms with Crippen LogP contribution >= 0.6 is 0 Å². The van der Waals surface area contributed by atoms with Gasteiger partial charge in [0.15, 0.2) is 0 Å². The topological polar surface area (TPSA) is 62.6 Å². The highest BCUT2D eigenvalue weighted by atomic mass is 16.3. The lowest BCUT2D eigenvalue weighted by Crippen LogP contribution is -2.49. The molecule has 1 N–H and O–H groups in total. The van der Waals surface area contributed by atoms with Crippen molar-refractivity contribution in [2.24, 2.45) is 11.3 Å². The van der Waals surface area contributed by atoms with Crippen molar-refractivity contribution in [1.82, 2.24) is 10.2 Å². The largest absolute Gasteiger partial charge is 0.469 e. The van der Waals surface area contributed by atoms with Crippen LogP contribution in [-0.2, 0) is 4.79 Å². The molecule has 2 heterocycles. The Labute approximate surface area is 138 Å². The van der Waals surface area contributed by atoms with Crippen LogP contribution in [0.4, 0.5) is 0 Å². The van der Waals surface area contributed by atoms with Crippen LogP contribution in [0.2, 0.25) is 0 Å². The lowest BCUT2D eigenvalue weighted by atomic mass is 9.81. The molecular formula is C18H28N2O3. The third-order valence-corrected chi connectivity index (χ3v) is 4.91. The SMILES string of the molecule is Cc1occc1C(=O)NC1CCN(C(=O)C(C)C(C)(C)C)CC1. The summed E-state index contributed by atoms with van der Waals surface area (Å²) in [5.74, 6) is 0.758. The molecule has 1 atom stereocenters. The number of piperidine rings is 1. The Morgan fingerprint density at radius 2 is 1.91 bits per heavy atom. The minimum absolute atomic E-state index is 0.00206. The summed E-state index contributed by atoms with van der Waals surface area (Å²) in [6.45, 7) is 11.5. The van der Waals surface area contributed by atoms with Crippen LogP contribution in [0.25, 0.3) is 0 Å². The molecule has 5 nitrogen and oxygen atoms in total. The molecule has 1 unspecified atom stereocenters. The van der Waals surface area contributed by atoms with Gasteiger partial charge in [-0.2, -0.15) is 0 Å². The number of carbonyl (C=O) groups excluding carboxylic acids is 2. The Morgan fingerprint density at radius 3 is 2.39 bits per heavy atom. The molecule has 2 amide bonds. The molecule has 0 spiro atoms. The van der Waals surface area contributed by atoms with Crippen molar-refractivity contribution in [2.75, 3.05) is 13.1 Å². The second-order valence-electron chi connectivity index (χ2n) is 7.55. The monoisotopic (exact) mass is 320 g/mol. The van der Waals surface area contributed by atoms with Gasteiger partial charge < -0.3 is 14.6 Å². The van der Waals surface area contributed by atoms with Crippen LogP contribution in [-0.4, -0.2) is 35.8 Å². The quantitative estimate of drug-likeness (QED) is 0.931. The fraction of sp³-hybridized carbons (Fsp3) is 0.667. The molecule has 0 saturated carbocycles. The third-order valence-electron chi connectivity index (χ3n) is 4.91. The van der Waals surface area contributed by atoms with E-state index in [1.54, 1.807) is 13.0 Å². The fourth-order valence-corrected chi connectivity index (χ4v) is 2.77. The Morgan fingerprint density at radius 1 is 1.30 bits per heavy atom. The van der Waals surface area contributed by atoms with Gasteiger partial charge in [0.05, 0.1) is 11.8 Å². The first-order valence-corrected chi connectivity index (χ1v) is 8.34. The fourth-order valence-electron chi connectivity index (χ4n) is 2.77. The zero-order valence-corrected chi connectivity index (χ0v) is 14.8. The number of hydrogen-bond donors (Lipinski definition) is 1. The molecule has 0 aliphatic carbocycles.